The first-order valence-corrected chi connectivity index (χ1v) is 4.83. The number of alkyl halides is 3. The van der Waals surface area contributed by atoms with Crippen molar-refractivity contribution in [1.29, 1.82) is 0 Å². The van der Waals surface area contributed by atoms with Gasteiger partial charge in [0, 0.05) is 0 Å². The Hall–Kier alpha value is 0.0900. The lowest BCUT2D eigenvalue weighted by Crippen LogP contribution is -2.21. The average molecular weight is 224 g/mol. The van der Waals surface area contributed by atoms with E-state index in [1.54, 1.807) is 6.92 Å². The van der Waals surface area contributed by atoms with Crippen molar-refractivity contribution in [2.24, 2.45) is 0 Å². The van der Waals surface area contributed by atoms with Crippen LogP contribution in [0, 0.1) is 0 Å². The third-order valence-electron chi connectivity index (χ3n) is 1.75. The minimum Gasteiger partial charge on any atom is -0.111 e. The van der Waals surface area contributed by atoms with E-state index in [1.165, 1.54) is 0 Å². The molecule has 0 radical (unpaired) electrons. The second-order valence-electron chi connectivity index (χ2n) is 2.74. The Bertz CT molecular complexity index is 241. The molecule has 0 aliphatic rings. The Kier molecular flexibility index (Phi) is 3.28. The van der Waals surface area contributed by atoms with Gasteiger partial charge in [-0.1, -0.05) is 30.3 Å². The highest BCUT2D eigenvalue weighted by molar-refractivity contribution is 6.49. The van der Waals surface area contributed by atoms with Crippen LogP contribution < -0.4 is 0 Å². The highest BCUT2D eigenvalue weighted by atomic mass is 35.5. The van der Waals surface area contributed by atoms with E-state index in [0.29, 0.717) is 0 Å². The number of hydrogen-bond donors (Lipinski definition) is 0. The molecule has 0 fully saturated rings. The van der Waals surface area contributed by atoms with E-state index < -0.39 is 9.71 Å². The van der Waals surface area contributed by atoms with E-state index in [2.05, 4.69) is 0 Å². The normalized spacial score (nSPS) is 16.1. The van der Waals surface area contributed by atoms with Gasteiger partial charge in [-0.25, -0.2) is 0 Å². The van der Waals surface area contributed by atoms with Gasteiger partial charge < -0.3 is 0 Å². The van der Waals surface area contributed by atoms with Gasteiger partial charge in [-0.2, -0.15) is 0 Å². The van der Waals surface area contributed by atoms with Crippen LogP contribution in [0.15, 0.2) is 30.3 Å². The fraction of sp³-hybridized carbons (Fsp3) is 0.333. The summed E-state index contributed by atoms with van der Waals surface area (Å²) in [5.41, 5.74) is 0.932. The molecular weight excluding hydrogens is 214 g/mol. The highest BCUT2D eigenvalue weighted by Gasteiger charge is 2.30. The van der Waals surface area contributed by atoms with E-state index in [0.717, 1.165) is 5.56 Å². The van der Waals surface area contributed by atoms with Gasteiger partial charge in [0.05, 0.1) is 4.87 Å². The van der Waals surface area contributed by atoms with E-state index in [-0.39, 0.29) is 0 Å². The third kappa shape index (κ3) is 2.07. The molecule has 1 atom stereocenters. The molecule has 1 rings (SSSR count). The molecule has 0 saturated heterocycles. The molecule has 0 N–H and O–H groups in total. The summed E-state index contributed by atoms with van der Waals surface area (Å²) in [6, 6.07) is 9.56. The lowest BCUT2D eigenvalue weighted by molar-refractivity contribution is 0.737. The van der Waals surface area contributed by atoms with Crippen molar-refractivity contribution in [2.45, 2.75) is 16.6 Å². The fourth-order valence-electron chi connectivity index (χ4n) is 0.890. The zero-order chi connectivity index (χ0) is 9.19. The quantitative estimate of drug-likeness (QED) is 0.666. The molecule has 1 aromatic carbocycles. The molecule has 0 aromatic heterocycles. The van der Waals surface area contributed by atoms with Crippen LogP contribution in [0.4, 0.5) is 0 Å². The smallest absolute Gasteiger partial charge is 0.111 e. The largest absolute Gasteiger partial charge is 0.130 e. The van der Waals surface area contributed by atoms with Crippen molar-refractivity contribution in [1.82, 2.24) is 0 Å². The van der Waals surface area contributed by atoms with Gasteiger partial charge in [0.2, 0.25) is 0 Å². The molecule has 0 nitrogen and oxygen atoms in total. The monoisotopic (exact) mass is 222 g/mol. The molecule has 0 bridgehead atoms. The molecule has 0 aliphatic heterocycles. The van der Waals surface area contributed by atoms with Crippen LogP contribution in [-0.4, -0.2) is 4.84 Å². The topological polar surface area (TPSA) is 0 Å². The van der Waals surface area contributed by atoms with E-state index in [9.17, 15) is 0 Å². The van der Waals surface area contributed by atoms with Crippen LogP contribution in [0.25, 0.3) is 0 Å². The Labute approximate surface area is 87.4 Å². The van der Waals surface area contributed by atoms with E-state index >= 15 is 0 Å². The molecule has 0 spiro atoms. The van der Waals surface area contributed by atoms with Crippen LogP contribution >= 0.6 is 34.8 Å². The number of benzene rings is 1. The van der Waals surface area contributed by atoms with Crippen LogP contribution in [0.1, 0.15) is 12.5 Å². The summed E-state index contributed by atoms with van der Waals surface area (Å²) in [5, 5.41) is 0. The van der Waals surface area contributed by atoms with Gasteiger partial charge in [0.15, 0.2) is 0 Å². The Morgan fingerprint density at radius 3 is 2.08 bits per heavy atom. The summed E-state index contributed by atoms with van der Waals surface area (Å²) in [4.78, 5) is -1.31. The SMILES string of the molecule is CC(Cl)(c1ccccc1)C(Cl)Cl. The second-order valence-corrected chi connectivity index (χ2v) is 4.62. The Morgan fingerprint density at radius 1 is 1.17 bits per heavy atom. The van der Waals surface area contributed by atoms with Gasteiger partial charge in [-0.05, 0) is 12.5 Å². The van der Waals surface area contributed by atoms with Crippen molar-refractivity contribution < 1.29 is 0 Å². The van der Waals surface area contributed by atoms with Crippen LogP contribution in [0.2, 0.25) is 0 Å². The summed E-state index contributed by atoms with van der Waals surface area (Å²) in [7, 11) is 0. The predicted molar refractivity (Wildman–Crippen MR) is 55.1 cm³/mol. The second kappa shape index (κ2) is 3.87. The summed E-state index contributed by atoms with van der Waals surface area (Å²) in [5.74, 6) is 0. The molecule has 3 heteroatoms. The van der Waals surface area contributed by atoms with Gasteiger partial charge in [-0.15, -0.1) is 34.8 Å². The summed E-state index contributed by atoms with van der Waals surface area (Å²) in [6.45, 7) is 1.80. The molecule has 12 heavy (non-hydrogen) atoms. The number of hydrogen-bond acceptors (Lipinski definition) is 0. The van der Waals surface area contributed by atoms with Crippen LogP contribution in [0.5, 0.6) is 0 Å². The van der Waals surface area contributed by atoms with Crippen molar-refractivity contribution in [2.75, 3.05) is 0 Å². The number of halogens is 3. The minimum atomic E-state index is -0.704. The molecule has 0 amide bonds. The highest BCUT2D eigenvalue weighted by Crippen LogP contribution is 2.37. The Balaban J connectivity index is 2.98. The van der Waals surface area contributed by atoms with Gasteiger partial charge in [-0.3, -0.25) is 0 Å². The lowest BCUT2D eigenvalue weighted by Gasteiger charge is -2.23. The van der Waals surface area contributed by atoms with Gasteiger partial charge in [0.25, 0.3) is 0 Å². The summed E-state index contributed by atoms with van der Waals surface area (Å²) >= 11 is 17.6. The zero-order valence-corrected chi connectivity index (χ0v) is 8.87. The molecule has 1 aromatic rings. The first-order valence-electron chi connectivity index (χ1n) is 3.57. The van der Waals surface area contributed by atoms with Crippen molar-refractivity contribution in [3.05, 3.63) is 35.9 Å². The van der Waals surface area contributed by atoms with Crippen molar-refractivity contribution in [3.8, 4) is 0 Å². The molecule has 1 unspecified atom stereocenters. The van der Waals surface area contributed by atoms with Gasteiger partial charge >= 0.3 is 0 Å². The van der Waals surface area contributed by atoms with Crippen molar-refractivity contribution in [3.63, 3.8) is 0 Å². The van der Waals surface area contributed by atoms with Crippen molar-refractivity contribution >= 4 is 34.8 Å². The minimum absolute atomic E-state index is 0.610. The standard InChI is InChI=1S/C9H9Cl3/c1-9(12,8(10)11)7-5-3-2-4-6-7/h2-6,8H,1H3. The molecule has 0 aliphatic carbocycles. The molecule has 66 valence electrons. The third-order valence-corrected chi connectivity index (χ3v) is 3.28. The fourth-order valence-corrected chi connectivity index (χ4v) is 1.27. The average Bonchev–Trinajstić information content (AvgIpc) is 2.06. The predicted octanol–water partition coefficient (Wildman–Crippen LogP) is 3.94. The first kappa shape index (κ1) is 10.2. The summed E-state index contributed by atoms with van der Waals surface area (Å²) in [6.07, 6.45) is 0. The molecule has 0 heterocycles. The lowest BCUT2D eigenvalue weighted by atomic mass is 10.0. The van der Waals surface area contributed by atoms with E-state index in [1.807, 2.05) is 30.3 Å². The maximum atomic E-state index is 6.13. The Morgan fingerprint density at radius 2 is 1.67 bits per heavy atom. The molecule has 0 saturated carbocycles. The first-order chi connectivity index (χ1) is 5.55. The van der Waals surface area contributed by atoms with E-state index in [4.69, 9.17) is 34.8 Å². The van der Waals surface area contributed by atoms with Gasteiger partial charge in [0.1, 0.15) is 4.84 Å². The maximum absolute atomic E-state index is 6.13. The summed E-state index contributed by atoms with van der Waals surface area (Å²) < 4.78 is 0. The number of rotatable bonds is 2. The zero-order valence-electron chi connectivity index (χ0n) is 6.60. The van der Waals surface area contributed by atoms with Crippen LogP contribution in [-0.2, 0) is 4.87 Å². The molecular formula is C9H9Cl3. The van der Waals surface area contributed by atoms with Crippen LogP contribution in [0.3, 0.4) is 0 Å². The maximum Gasteiger partial charge on any atom is 0.130 e.